The standard InChI is InChI=1S/C9H11BNO/c1-10-11-6-7-12-9-5-3-2-4-8(9)11/h2-5H,6-7H2,1H3. The lowest BCUT2D eigenvalue weighted by molar-refractivity contribution is 0.316. The van der Waals surface area contributed by atoms with Crippen LogP contribution in [0, 0.1) is 0 Å². The van der Waals surface area contributed by atoms with Crippen LogP contribution >= 0.6 is 0 Å². The molecule has 12 heavy (non-hydrogen) atoms. The van der Waals surface area contributed by atoms with Gasteiger partial charge in [-0.15, -0.1) is 0 Å². The molecule has 0 saturated heterocycles. The molecule has 1 aromatic carbocycles. The largest absolute Gasteiger partial charge is 0.490 e. The van der Waals surface area contributed by atoms with E-state index in [4.69, 9.17) is 4.74 Å². The van der Waals surface area contributed by atoms with Crippen LogP contribution in [0.4, 0.5) is 5.69 Å². The summed E-state index contributed by atoms with van der Waals surface area (Å²) in [5.41, 5.74) is 1.17. The Labute approximate surface area is 73.4 Å². The molecule has 1 aliphatic heterocycles. The van der Waals surface area contributed by atoms with Crippen molar-refractivity contribution >= 4 is 13.1 Å². The van der Waals surface area contributed by atoms with Gasteiger partial charge in [0.05, 0.1) is 5.69 Å². The highest BCUT2D eigenvalue weighted by atomic mass is 16.5. The molecule has 61 valence electrons. The maximum Gasteiger partial charge on any atom is 0.243 e. The first-order valence-corrected chi connectivity index (χ1v) is 4.20. The molecule has 0 atom stereocenters. The summed E-state index contributed by atoms with van der Waals surface area (Å²) in [7, 11) is 2.08. The number of ether oxygens (including phenoxy) is 1. The molecule has 0 aromatic heterocycles. The molecule has 0 fully saturated rings. The minimum absolute atomic E-state index is 0.779. The fourth-order valence-corrected chi connectivity index (χ4v) is 1.46. The third-order valence-electron chi connectivity index (χ3n) is 2.08. The van der Waals surface area contributed by atoms with Gasteiger partial charge in [0.15, 0.2) is 0 Å². The predicted octanol–water partition coefficient (Wildman–Crippen LogP) is 1.55. The van der Waals surface area contributed by atoms with Gasteiger partial charge in [0.25, 0.3) is 0 Å². The Balaban J connectivity index is 2.37. The monoisotopic (exact) mass is 160 g/mol. The zero-order valence-corrected chi connectivity index (χ0v) is 7.16. The van der Waals surface area contributed by atoms with E-state index >= 15 is 0 Å². The lowest BCUT2D eigenvalue weighted by Gasteiger charge is -2.29. The van der Waals surface area contributed by atoms with Crippen molar-refractivity contribution in [3.63, 3.8) is 0 Å². The molecule has 0 aliphatic carbocycles. The van der Waals surface area contributed by atoms with Gasteiger partial charge in [0.2, 0.25) is 7.41 Å². The quantitative estimate of drug-likeness (QED) is 0.578. The lowest BCUT2D eigenvalue weighted by atomic mass is 9.94. The topological polar surface area (TPSA) is 12.5 Å². The molecule has 1 aliphatic rings. The second-order valence-electron chi connectivity index (χ2n) is 2.77. The molecule has 0 amide bonds. The fourth-order valence-electron chi connectivity index (χ4n) is 1.46. The number of hydrogen-bond acceptors (Lipinski definition) is 2. The van der Waals surface area contributed by atoms with Gasteiger partial charge < -0.3 is 9.55 Å². The van der Waals surface area contributed by atoms with Gasteiger partial charge in [-0.05, 0) is 12.1 Å². The summed E-state index contributed by atoms with van der Waals surface area (Å²) in [5.74, 6) is 0.988. The van der Waals surface area contributed by atoms with Crippen LogP contribution in [-0.4, -0.2) is 20.6 Å². The zero-order chi connectivity index (χ0) is 8.39. The van der Waals surface area contributed by atoms with E-state index in [9.17, 15) is 0 Å². The molecule has 1 heterocycles. The minimum Gasteiger partial charge on any atom is -0.490 e. The number of rotatable bonds is 1. The van der Waals surface area contributed by atoms with E-state index in [-0.39, 0.29) is 0 Å². The summed E-state index contributed by atoms with van der Waals surface area (Å²) in [6.45, 7) is 3.77. The molecule has 2 rings (SSSR count). The van der Waals surface area contributed by atoms with Crippen molar-refractivity contribution in [3.8, 4) is 5.75 Å². The maximum absolute atomic E-state index is 5.49. The van der Waals surface area contributed by atoms with Crippen LogP contribution in [0.1, 0.15) is 0 Å². The van der Waals surface area contributed by atoms with Gasteiger partial charge in [-0.25, -0.2) is 0 Å². The predicted molar refractivity (Wildman–Crippen MR) is 50.9 cm³/mol. The average molecular weight is 160 g/mol. The van der Waals surface area contributed by atoms with Crippen LogP contribution in [0.5, 0.6) is 5.75 Å². The summed E-state index contributed by atoms with van der Waals surface area (Å²) in [6, 6.07) is 8.11. The third-order valence-corrected chi connectivity index (χ3v) is 2.08. The Hall–Kier alpha value is -1.12. The van der Waals surface area contributed by atoms with Crippen LogP contribution in [0.15, 0.2) is 24.3 Å². The Morgan fingerprint density at radius 1 is 1.42 bits per heavy atom. The summed E-state index contributed by atoms with van der Waals surface area (Å²) in [5, 5.41) is 0. The second kappa shape index (κ2) is 3.09. The summed E-state index contributed by atoms with van der Waals surface area (Å²) in [4.78, 5) is 2.21. The minimum atomic E-state index is 0.779. The molecule has 0 bridgehead atoms. The number of nitrogens with zero attached hydrogens (tertiary/aromatic N) is 1. The summed E-state index contributed by atoms with van der Waals surface area (Å²) >= 11 is 0. The molecule has 0 unspecified atom stereocenters. The Kier molecular flexibility index (Phi) is 1.94. The van der Waals surface area contributed by atoms with Crippen LogP contribution in [0.3, 0.4) is 0 Å². The highest BCUT2D eigenvalue weighted by Crippen LogP contribution is 2.29. The highest BCUT2D eigenvalue weighted by Gasteiger charge is 2.14. The Morgan fingerprint density at radius 3 is 3.08 bits per heavy atom. The number of hydrogen-bond donors (Lipinski definition) is 0. The van der Waals surface area contributed by atoms with Gasteiger partial charge in [-0.3, -0.25) is 0 Å². The van der Waals surface area contributed by atoms with E-state index in [0.717, 1.165) is 18.9 Å². The number of fused-ring (bicyclic) bond motifs is 1. The van der Waals surface area contributed by atoms with Gasteiger partial charge >= 0.3 is 0 Å². The van der Waals surface area contributed by atoms with Crippen molar-refractivity contribution < 1.29 is 4.74 Å². The van der Waals surface area contributed by atoms with Crippen LogP contribution in [-0.2, 0) is 0 Å². The Morgan fingerprint density at radius 2 is 2.25 bits per heavy atom. The average Bonchev–Trinajstić information content (AvgIpc) is 2.17. The van der Waals surface area contributed by atoms with E-state index in [1.807, 2.05) is 25.0 Å². The van der Waals surface area contributed by atoms with E-state index in [0.29, 0.717) is 0 Å². The van der Waals surface area contributed by atoms with Gasteiger partial charge in [-0.2, -0.15) is 0 Å². The molecular formula is C9H11BNO. The molecule has 0 N–H and O–H groups in total. The molecule has 1 aromatic rings. The van der Waals surface area contributed by atoms with Crippen molar-refractivity contribution in [2.24, 2.45) is 0 Å². The molecule has 0 spiro atoms. The lowest BCUT2D eigenvalue weighted by Crippen LogP contribution is -2.34. The first-order valence-electron chi connectivity index (χ1n) is 4.20. The number of benzene rings is 1. The summed E-state index contributed by atoms with van der Waals surface area (Å²) in [6.07, 6.45) is 0. The molecular weight excluding hydrogens is 149 g/mol. The van der Waals surface area contributed by atoms with Gasteiger partial charge in [-0.1, -0.05) is 19.0 Å². The van der Waals surface area contributed by atoms with E-state index in [1.54, 1.807) is 0 Å². The van der Waals surface area contributed by atoms with Crippen molar-refractivity contribution in [2.75, 3.05) is 18.0 Å². The SMILES string of the molecule is C[B]N1CCOc2ccccc21. The van der Waals surface area contributed by atoms with E-state index < -0.39 is 0 Å². The first kappa shape index (κ1) is 7.53. The Bertz CT molecular complexity index is 277. The van der Waals surface area contributed by atoms with Crippen molar-refractivity contribution in [2.45, 2.75) is 6.82 Å². The molecule has 1 radical (unpaired) electrons. The molecule has 0 saturated carbocycles. The fraction of sp³-hybridized carbons (Fsp3) is 0.333. The van der Waals surface area contributed by atoms with Crippen molar-refractivity contribution in [1.29, 1.82) is 0 Å². The maximum atomic E-state index is 5.49. The zero-order valence-electron chi connectivity index (χ0n) is 7.16. The van der Waals surface area contributed by atoms with E-state index in [2.05, 4.69) is 18.3 Å². The van der Waals surface area contributed by atoms with Crippen LogP contribution in [0.25, 0.3) is 0 Å². The first-order chi connectivity index (χ1) is 5.92. The highest BCUT2D eigenvalue weighted by molar-refractivity contribution is 6.40. The second-order valence-corrected chi connectivity index (χ2v) is 2.77. The smallest absolute Gasteiger partial charge is 0.243 e. The van der Waals surface area contributed by atoms with Crippen molar-refractivity contribution in [1.82, 2.24) is 0 Å². The normalized spacial score (nSPS) is 14.9. The van der Waals surface area contributed by atoms with Gasteiger partial charge in [0.1, 0.15) is 12.4 Å². The number of para-hydroxylation sites is 2. The van der Waals surface area contributed by atoms with E-state index in [1.165, 1.54) is 5.69 Å². The van der Waals surface area contributed by atoms with Gasteiger partial charge in [0, 0.05) is 6.54 Å². The van der Waals surface area contributed by atoms with Crippen LogP contribution in [0.2, 0.25) is 6.82 Å². The van der Waals surface area contributed by atoms with Crippen molar-refractivity contribution in [3.05, 3.63) is 24.3 Å². The molecule has 3 heteroatoms. The summed E-state index contributed by atoms with van der Waals surface area (Å²) < 4.78 is 5.49. The third kappa shape index (κ3) is 1.15. The number of anilines is 1. The van der Waals surface area contributed by atoms with Crippen LogP contribution < -0.4 is 9.55 Å². The molecule has 2 nitrogen and oxygen atoms in total.